The Kier molecular flexibility index (Phi) is 4.19. The van der Waals surface area contributed by atoms with Crippen LogP contribution in [0.5, 0.6) is 0 Å². The van der Waals surface area contributed by atoms with Gasteiger partial charge in [-0.3, -0.25) is 0 Å². The lowest BCUT2D eigenvalue weighted by Crippen LogP contribution is -2.02. The van der Waals surface area contributed by atoms with Crippen molar-refractivity contribution < 1.29 is 4.57 Å². The topological polar surface area (TPSA) is 21.5 Å². The summed E-state index contributed by atoms with van der Waals surface area (Å²) in [5, 5.41) is 3.44. The Bertz CT molecular complexity index is 1390. The Balaban J connectivity index is 1.54. The molecule has 2 nitrogen and oxygen atoms in total. The molecule has 0 aliphatic carbocycles. The Morgan fingerprint density at radius 1 is 0.690 bits per heavy atom. The van der Waals surface area contributed by atoms with E-state index in [1.165, 1.54) is 27.4 Å². The summed E-state index contributed by atoms with van der Waals surface area (Å²) in [5.41, 5.74) is 5.85. The summed E-state index contributed by atoms with van der Waals surface area (Å²) >= 11 is 0. The van der Waals surface area contributed by atoms with Crippen molar-refractivity contribution in [2.45, 2.75) is 0 Å². The molecule has 0 aliphatic rings. The molecule has 0 unspecified atom stereocenters. The van der Waals surface area contributed by atoms with Crippen LogP contribution in [0.4, 0.5) is 0 Å². The third kappa shape index (κ3) is 3.30. The van der Waals surface area contributed by atoms with E-state index in [4.69, 9.17) is 0 Å². The van der Waals surface area contributed by atoms with Crippen molar-refractivity contribution in [3.63, 3.8) is 0 Å². The largest absolute Gasteiger partial charge is 0.323 e. The number of fused-ring (bicyclic) bond motifs is 3. The zero-order valence-electron chi connectivity index (χ0n) is 16.5. The summed E-state index contributed by atoms with van der Waals surface area (Å²) in [6.45, 7) is 3.63. The van der Waals surface area contributed by atoms with E-state index in [0.717, 1.165) is 16.4 Å². The smallest absolute Gasteiger partial charge is 0.109 e. The second-order valence-electron chi connectivity index (χ2n) is 7.90. The van der Waals surface area contributed by atoms with Crippen LogP contribution in [0.1, 0.15) is 0 Å². The lowest BCUT2D eigenvalue weighted by molar-refractivity contribution is 0.588. The molecule has 142 valence electrons. The molecule has 0 spiro atoms. The highest BCUT2D eigenvalue weighted by Gasteiger charge is 2.12. The molecule has 0 N–H and O–H groups in total. The van der Waals surface area contributed by atoms with E-state index in [2.05, 4.69) is 89.6 Å². The highest BCUT2D eigenvalue weighted by Crippen LogP contribution is 2.36. The molecule has 5 rings (SSSR count). The van der Waals surface area contributed by atoms with Crippen LogP contribution in [0, 0.1) is 0 Å². The number of pyridine rings is 1. The molecule has 0 radical (unpaired) electrons. The maximum atomic E-state index is 12.4. The fourth-order valence-electron chi connectivity index (χ4n) is 3.89. The summed E-state index contributed by atoms with van der Waals surface area (Å²) in [6.07, 6.45) is 4.30. The zero-order chi connectivity index (χ0) is 20.0. The van der Waals surface area contributed by atoms with E-state index < -0.39 is 7.14 Å². The van der Waals surface area contributed by atoms with Gasteiger partial charge >= 0.3 is 0 Å². The minimum atomic E-state index is -2.26. The minimum Gasteiger partial charge on any atom is -0.323 e. The SMILES string of the molecule is CP(C)(=O)c1cccc(-c2ccc(-c3cc4c5ccccc5ccn4c3)cc2)c1. The van der Waals surface area contributed by atoms with Crippen LogP contribution in [0.3, 0.4) is 0 Å². The maximum absolute atomic E-state index is 12.4. The Morgan fingerprint density at radius 3 is 2.17 bits per heavy atom. The molecule has 0 saturated carbocycles. The Hall–Kier alpha value is -3.09. The summed E-state index contributed by atoms with van der Waals surface area (Å²) in [5.74, 6) is 0. The molecule has 0 saturated heterocycles. The Labute approximate surface area is 170 Å². The molecular formula is C26H22NOP. The van der Waals surface area contributed by atoms with Crippen molar-refractivity contribution in [2.24, 2.45) is 0 Å². The van der Waals surface area contributed by atoms with Crippen molar-refractivity contribution in [3.8, 4) is 22.3 Å². The van der Waals surface area contributed by atoms with E-state index in [-0.39, 0.29) is 0 Å². The number of rotatable bonds is 3. The van der Waals surface area contributed by atoms with Gasteiger partial charge in [0.05, 0.1) is 5.52 Å². The van der Waals surface area contributed by atoms with Gasteiger partial charge in [0.2, 0.25) is 0 Å². The van der Waals surface area contributed by atoms with Gasteiger partial charge in [-0.15, -0.1) is 0 Å². The maximum Gasteiger partial charge on any atom is 0.109 e. The number of nitrogens with zero attached hydrogens (tertiary/aromatic N) is 1. The lowest BCUT2D eigenvalue weighted by Gasteiger charge is -2.09. The first-order valence-corrected chi connectivity index (χ1v) is 12.3. The van der Waals surface area contributed by atoms with Gasteiger partial charge in [-0.1, -0.05) is 66.7 Å². The molecule has 29 heavy (non-hydrogen) atoms. The molecule has 0 atom stereocenters. The van der Waals surface area contributed by atoms with E-state index in [9.17, 15) is 4.57 Å². The standard InChI is InChI=1S/C26H22NOP/c1-29(2,28)24-8-5-7-22(16-24)19-10-12-20(13-11-19)23-17-26-25-9-4-3-6-21(25)14-15-27(26)18-23/h3-18H,1-2H3. The highest BCUT2D eigenvalue weighted by molar-refractivity contribution is 7.70. The minimum absolute atomic E-state index is 0.921. The summed E-state index contributed by atoms with van der Waals surface area (Å²) < 4.78 is 14.6. The first kappa shape index (κ1) is 18.0. The Morgan fingerprint density at radius 2 is 1.41 bits per heavy atom. The molecule has 3 heteroatoms. The molecule has 0 amide bonds. The van der Waals surface area contributed by atoms with Crippen molar-refractivity contribution in [1.29, 1.82) is 0 Å². The lowest BCUT2D eigenvalue weighted by atomic mass is 10.0. The average Bonchev–Trinajstić information content (AvgIpc) is 3.18. The molecular weight excluding hydrogens is 373 g/mol. The van der Waals surface area contributed by atoms with Crippen molar-refractivity contribution in [3.05, 3.63) is 97.3 Å². The molecule has 2 heterocycles. The number of hydrogen-bond acceptors (Lipinski definition) is 1. The first-order chi connectivity index (χ1) is 14.0. The van der Waals surface area contributed by atoms with Crippen LogP contribution in [0.25, 0.3) is 38.5 Å². The molecule has 3 aromatic carbocycles. The summed E-state index contributed by atoms with van der Waals surface area (Å²) in [7, 11) is -2.26. The van der Waals surface area contributed by atoms with Crippen molar-refractivity contribution in [2.75, 3.05) is 13.3 Å². The van der Waals surface area contributed by atoms with Gasteiger partial charge < -0.3 is 8.97 Å². The van der Waals surface area contributed by atoms with E-state index in [1.54, 1.807) is 0 Å². The monoisotopic (exact) mass is 395 g/mol. The summed E-state index contributed by atoms with van der Waals surface area (Å²) in [6, 6.07) is 29.6. The summed E-state index contributed by atoms with van der Waals surface area (Å²) in [4.78, 5) is 0. The quantitative estimate of drug-likeness (QED) is 0.312. The van der Waals surface area contributed by atoms with Crippen LogP contribution in [0.2, 0.25) is 0 Å². The fraction of sp³-hybridized carbons (Fsp3) is 0.0769. The van der Waals surface area contributed by atoms with E-state index in [1.807, 2.05) is 25.5 Å². The molecule has 0 bridgehead atoms. The van der Waals surface area contributed by atoms with Crippen LogP contribution in [-0.4, -0.2) is 17.7 Å². The molecule has 2 aromatic heterocycles. The predicted octanol–water partition coefficient (Wildman–Crippen LogP) is 6.67. The van der Waals surface area contributed by atoms with E-state index >= 15 is 0 Å². The number of aromatic nitrogens is 1. The van der Waals surface area contributed by atoms with Crippen molar-refractivity contribution >= 4 is 28.7 Å². The predicted molar refractivity (Wildman–Crippen MR) is 125 cm³/mol. The zero-order valence-corrected chi connectivity index (χ0v) is 17.4. The van der Waals surface area contributed by atoms with Gasteiger partial charge in [-0.2, -0.15) is 0 Å². The second-order valence-corrected chi connectivity index (χ2v) is 11.1. The van der Waals surface area contributed by atoms with Crippen LogP contribution >= 0.6 is 7.14 Å². The second kappa shape index (κ2) is 6.76. The van der Waals surface area contributed by atoms with Gasteiger partial charge in [0.1, 0.15) is 7.14 Å². The molecule has 0 aliphatic heterocycles. The van der Waals surface area contributed by atoms with Crippen molar-refractivity contribution in [1.82, 2.24) is 4.40 Å². The van der Waals surface area contributed by atoms with Gasteiger partial charge in [0, 0.05) is 28.6 Å². The normalized spacial score (nSPS) is 11.9. The first-order valence-electron chi connectivity index (χ1n) is 9.75. The van der Waals surface area contributed by atoms with Crippen LogP contribution in [0.15, 0.2) is 97.3 Å². The van der Waals surface area contributed by atoms with Gasteiger partial charge in [-0.25, -0.2) is 0 Å². The highest BCUT2D eigenvalue weighted by atomic mass is 31.2. The average molecular weight is 395 g/mol. The van der Waals surface area contributed by atoms with Gasteiger partial charge in [0.25, 0.3) is 0 Å². The van der Waals surface area contributed by atoms with Crippen LogP contribution in [-0.2, 0) is 4.57 Å². The third-order valence-corrected chi connectivity index (χ3v) is 7.04. The van der Waals surface area contributed by atoms with Gasteiger partial charge in [0.15, 0.2) is 0 Å². The van der Waals surface area contributed by atoms with Crippen LogP contribution < -0.4 is 5.30 Å². The number of benzene rings is 3. The fourth-order valence-corrected chi connectivity index (χ4v) is 4.78. The third-order valence-electron chi connectivity index (χ3n) is 5.52. The molecule has 0 fully saturated rings. The molecule has 5 aromatic rings. The van der Waals surface area contributed by atoms with E-state index in [0.29, 0.717) is 0 Å². The van der Waals surface area contributed by atoms with Gasteiger partial charge in [-0.05, 0) is 53.6 Å². The number of hydrogen-bond donors (Lipinski definition) is 0.